The van der Waals surface area contributed by atoms with Crippen LogP contribution in [0.15, 0.2) is 0 Å². The van der Waals surface area contributed by atoms with E-state index in [-0.39, 0.29) is 30.3 Å². The van der Waals surface area contributed by atoms with Crippen molar-refractivity contribution in [2.75, 3.05) is 0 Å². The van der Waals surface area contributed by atoms with Crippen molar-refractivity contribution in [3.63, 3.8) is 0 Å². The Balaban J connectivity index is 2.72. The van der Waals surface area contributed by atoms with Crippen LogP contribution in [0.4, 0.5) is 0 Å². The van der Waals surface area contributed by atoms with E-state index in [1.807, 2.05) is 20.8 Å². The number of amides is 2. The Labute approximate surface area is 115 Å². The molecular weight excluding hydrogens is 240 g/mol. The third-order valence-electron chi connectivity index (χ3n) is 3.78. The van der Waals surface area contributed by atoms with Crippen LogP contribution in [0.5, 0.6) is 0 Å². The maximum atomic E-state index is 12.3. The standard InChI is InChI=1S/C15H24N2O2/c1-5-9-11(6-2)16-13-10-14(18)17(15(13)19)12(7-3)8-4/h1,11-13,16H,6-10H2,2-4H3. The quantitative estimate of drug-likeness (QED) is 0.562. The van der Waals surface area contributed by atoms with E-state index < -0.39 is 6.04 Å². The molecule has 1 aliphatic rings. The highest BCUT2D eigenvalue weighted by atomic mass is 16.2. The number of imide groups is 1. The fraction of sp³-hybridized carbons (Fsp3) is 0.733. The van der Waals surface area contributed by atoms with Gasteiger partial charge in [0.05, 0.1) is 12.5 Å². The largest absolute Gasteiger partial charge is 0.302 e. The van der Waals surface area contributed by atoms with Gasteiger partial charge in [-0.2, -0.15) is 0 Å². The highest BCUT2D eigenvalue weighted by Crippen LogP contribution is 2.21. The molecular formula is C15H24N2O2. The SMILES string of the molecule is C#CCC(CC)NC1CC(=O)N(C(CC)CC)C1=O. The fourth-order valence-electron chi connectivity index (χ4n) is 2.57. The Bertz CT molecular complexity index is 369. The van der Waals surface area contributed by atoms with Crippen molar-refractivity contribution in [1.29, 1.82) is 0 Å². The molecule has 0 saturated carbocycles. The summed E-state index contributed by atoms with van der Waals surface area (Å²) in [6, 6.07) is -0.265. The maximum absolute atomic E-state index is 12.3. The van der Waals surface area contributed by atoms with Crippen LogP contribution < -0.4 is 5.32 Å². The summed E-state index contributed by atoms with van der Waals surface area (Å²) in [6.07, 6.45) is 8.62. The molecule has 0 radical (unpaired) electrons. The first kappa shape index (κ1) is 15.7. The van der Waals surface area contributed by atoms with Crippen molar-refractivity contribution in [1.82, 2.24) is 10.2 Å². The molecule has 19 heavy (non-hydrogen) atoms. The molecule has 0 aromatic rings. The zero-order chi connectivity index (χ0) is 14.4. The van der Waals surface area contributed by atoms with Gasteiger partial charge in [0.25, 0.3) is 0 Å². The van der Waals surface area contributed by atoms with Crippen molar-refractivity contribution >= 4 is 11.8 Å². The van der Waals surface area contributed by atoms with E-state index in [0.29, 0.717) is 6.42 Å². The number of nitrogens with one attached hydrogen (secondary N) is 1. The zero-order valence-electron chi connectivity index (χ0n) is 12.1. The molecule has 1 N–H and O–H groups in total. The molecule has 1 rings (SSSR count). The number of hydrogen-bond acceptors (Lipinski definition) is 3. The fourth-order valence-corrected chi connectivity index (χ4v) is 2.57. The van der Waals surface area contributed by atoms with Crippen LogP contribution in [0.2, 0.25) is 0 Å². The molecule has 1 aliphatic heterocycles. The van der Waals surface area contributed by atoms with Crippen molar-refractivity contribution in [3.05, 3.63) is 0 Å². The molecule has 1 heterocycles. The van der Waals surface area contributed by atoms with Crippen LogP contribution >= 0.6 is 0 Å². The van der Waals surface area contributed by atoms with Gasteiger partial charge in [-0.15, -0.1) is 12.3 Å². The van der Waals surface area contributed by atoms with Gasteiger partial charge in [-0.25, -0.2) is 0 Å². The van der Waals surface area contributed by atoms with Gasteiger partial charge in [-0.1, -0.05) is 20.8 Å². The summed E-state index contributed by atoms with van der Waals surface area (Å²) in [6.45, 7) is 6.03. The first-order chi connectivity index (χ1) is 9.08. The monoisotopic (exact) mass is 264 g/mol. The minimum Gasteiger partial charge on any atom is -0.302 e. The molecule has 2 unspecified atom stereocenters. The van der Waals surface area contributed by atoms with Crippen LogP contribution in [-0.2, 0) is 9.59 Å². The van der Waals surface area contributed by atoms with E-state index in [1.54, 1.807) is 0 Å². The second kappa shape index (κ2) is 7.30. The molecule has 0 aromatic heterocycles. The maximum Gasteiger partial charge on any atom is 0.247 e. The molecule has 4 heteroatoms. The smallest absolute Gasteiger partial charge is 0.247 e. The second-order valence-electron chi connectivity index (χ2n) is 5.01. The van der Waals surface area contributed by atoms with E-state index in [1.165, 1.54) is 4.90 Å². The lowest BCUT2D eigenvalue weighted by Gasteiger charge is -2.25. The van der Waals surface area contributed by atoms with Crippen LogP contribution in [-0.4, -0.2) is 34.8 Å². The third-order valence-corrected chi connectivity index (χ3v) is 3.78. The molecule has 0 aromatic carbocycles. The van der Waals surface area contributed by atoms with Crippen LogP contribution in [0.3, 0.4) is 0 Å². The second-order valence-corrected chi connectivity index (χ2v) is 5.01. The summed E-state index contributed by atoms with van der Waals surface area (Å²) in [5.74, 6) is 2.45. The Morgan fingerprint density at radius 3 is 2.42 bits per heavy atom. The van der Waals surface area contributed by atoms with Gasteiger partial charge >= 0.3 is 0 Å². The number of carbonyl (C=O) groups is 2. The zero-order valence-corrected chi connectivity index (χ0v) is 12.1. The Kier molecular flexibility index (Phi) is 6.04. The number of terminal acetylenes is 1. The van der Waals surface area contributed by atoms with Gasteiger partial charge in [0.15, 0.2) is 0 Å². The summed E-state index contributed by atoms with van der Waals surface area (Å²) in [7, 11) is 0. The molecule has 0 aliphatic carbocycles. The van der Waals surface area contributed by atoms with Crippen molar-refractivity contribution in [3.8, 4) is 12.3 Å². The van der Waals surface area contributed by atoms with Gasteiger partial charge in [-0.05, 0) is 19.3 Å². The first-order valence-electron chi connectivity index (χ1n) is 7.14. The van der Waals surface area contributed by atoms with Gasteiger partial charge in [0.1, 0.15) is 0 Å². The molecule has 4 nitrogen and oxygen atoms in total. The lowest BCUT2D eigenvalue weighted by atomic mass is 10.1. The van der Waals surface area contributed by atoms with E-state index in [9.17, 15) is 9.59 Å². The van der Waals surface area contributed by atoms with Crippen LogP contribution in [0.1, 0.15) is 52.9 Å². The average molecular weight is 264 g/mol. The third kappa shape index (κ3) is 3.57. The molecule has 2 amide bonds. The lowest BCUT2D eigenvalue weighted by Crippen LogP contribution is -2.46. The molecule has 1 saturated heterocycles. The number of nitrogens with zero attached hydrogens (tertiary/aromatic N) is 1. The molecule has 106 valence electrons. The minimum absolute atomic E-state index is 0.0273. The summed E-state index contributed by atoms with van der Waals surface area (Å²) >= 11 is 0. The summed E-state index contributed by atoms with van der Waals surface area (Å²) in [4.78, 5) is 25.8. The number of rotatable bonds is 7. The van der Waals surface area contributed by atoms with Gasteiger partial charge in [0, 0.05) is 18.5 Å². The highest BCUT2D eigenvalue weighted by Gasteiger charge is 2.41. The van der Waals surface area contributed by atoms with Crippen molar-refractivity contribution in [2.45, 2.75) is 71.0 Å². The van der Waals surface area contributed by atoms with E-state index in [4.69, 9.17) is 6.42 Å². The number of carbonyl (C=O) groups excluding carboxylic acids is 2. The van der Waals surface area contributed by atoms with Gasteiger partial charge in [-0.3, -0.25) is 14.5 Å². The molecule has 0 bridgehead atoms. The van der Waals surface area contributed by atoms with Crippen molar-refractivity contribution < 1.29 is 9.59 Å². The van der Waals surface area contributed by atoms with Crippen LogP contribution in [0, 0.1) is 12.3 Å². The van der Waals surface area contributed by atoms with Gasteiger partial charge in [0.2, 0.25) is 11.8 Å². The van der Waals surface area contributed by atoms with Crippen LogP contribution in [0.25, 0.3) is 0 Å². The van der Waals surface area contributed by atoms with E-state index >= 15 is 0 Å². The Morgan fingerprint density at radius 2 is 1.95 bits per heavy atom. The van der Waals surface area contributed by atoms with E-state index in [0.717, 1.165) is 19.3 Å². The molecule has 1 fully saturated rings. The number of likely N-dealkylation sites (tertiary alicyclic amines) is 1. The Hall–Kier alpha value is -1.34. The topological polar surface area (TPSA) is 49.4 Å². The average Bonchev–Trinajstić information content (AvgIpc) is 2.67. The summed E-state index contributed by atoms with van der Waals surface area (Å²) < 4.78 is 0. The molecule has 2 atom stereocenters. The van der Waals surface area contributed by atoms with E-state index in [2.05, 4.69) is 11.2 Å². The Morgan fingerprint density at radius 1 is 1.32 bits per heavy atom. The molecule has 0 spiro atoms. The highest BCUT2D eigenvalue weighted by molar-refractivity contribution is 6.05. The summed E-state index contributed by atoms with van der Waals surface area (Å²) in [5.41, 5.74) is 0. The van der Waals surface area contributed by atoms with Gasteiger partial charge < -0.3 is 5.32 Å². The predicted octanol–water partition coefficient (Wildman–Crippen LogP) is 1.69. The normalized spacial score (nSPS) is 21.0. The van der Waals surface area contributed by atoms with Crippen molar-refractivity contribution in [2.24, 2.45) is 0 Å². The summed E-state index contributed by atoms with van der Waals surface area (Å²) in [5, 5.41) is 3.23. The first-order valence-corrected chi connectivity index (χ1v) is 7.14. The number of hydrogen-bond donors (Lipinski definition) is 1. The predicted molar refractivity (Wildman–Crippen MR) is 75.3 cm³/mol. The minimum atomic E-state index is -0.397. The lowest BCUT2D eigenvalue weighted by molar-refractivity contribution is -0.141.